The molecule has 1 aromatic carbocycles. The lowest BCUT2D eigenvalue weighted by atomic mass is 9.94. The molecule has 1 saturated heterocycles. The minimum Gasteiger partial charge on any atom is -0.350 e. The van der Waals surface area contributed by atoms with E-state index in [1.807, 2.05) is 6.07 Å². The third-order valence-electron chi connectivity index (χ3n) is 4.22. The highest BCUT2D eigenvalue weighted by atomic mass is 16.2. The molecule has 0 aliphatic carbocycles. The monoisotopic (exact) mass is 288 g/mol. The van der Waals surface area contributed by atoms with Gasteiger partial charge in [0, 0.05) is 5.54 Å². The van der Waals surface area contributed by atoms with Crippen molar-refractivity contribution in [1.29, 1.82) is 0 Å². The molecule has 1 aliphatic heterocycles. The fourth-order valence-corrected chi connectivity index (χ4v) is 2.84. The Labute approximate surface area is 128 Å². The number of carbonyl (C=O) groups excluding carboxylic acids is 1. The normalized spacial score (nSPS) is 19.8. The predicted molar refractivity (Wildman–Crippen MR) is 87.2 cm³/mol. The summed E-state index contributed by atoms with van der Waals surface area (Å²) in [6, 6.07) is 10.4. The summed E-state index contributed by atoms with van der Waals surface area (Å²) in [5.41, 5.74) is 1.16. The molecule has 0 radical (unpaired) electrons. The van der Waals surface area contributed by atoms with Crippen LogP contribution in [-0.2, 0) is 11.2 Å². The van der Waals surface area contributed by atoms with Crippen LogP contribution in [0.5, 0.6) is 0 Å². The maximum atomic E-state index is 12.4. The molecule has 1 aromatic rings. The van der Waals surface area contributed by atoms with E-state index >= 15 is 0 Å². The van der Waals surface area contributed by atoms with Gasteiger partial charge in [0.25, 0.3) is 0 Å². The number of hydrogen-bond acceptors (Lipinski definition) is 2. The van der Waals surface area contributed by atoms with Gasteiger partial charge in [0.2, 0.25) is 5.91 Å². The van der Waals surface area contributed by atoms with Gasteiger partial charge in [-0.1, -0.05) is 43.2 Å². The third-order valence-corrected chi connectivity index (χ3v) is 4.22. The van der Waals surface area contributed by atoms with Gasteiger partial charge < -0.3 is 10.6 Å². The van der Waals surface area contributed by atoms with Crippen LogP contribution in [0.3, 0.4) is 0 Å². The van der Waals surface area contributed by atoms with Gasteiger partial charge in [-0.05, 0) is 51.6 Å². The predicted octanol–water partition coefficient (Wildman–Crippen LogP) is 3.05. The molecule has 1 amide bonds. The highest BCUT2D eigenvalue weighted by Crippen LogP contribution is 2.15. The number of benzene rings is 1. The zero-order chi connectivity index (χ0) is 15.1. The fraction of sp³-hybridized carbons (Fsp3) is 0.611. The second-order valence-electron chi connectivity index (χ2n) is 6.71. The summed E-state index contributed by atoms with van der Waals surface area (Å²) in [6.45, 7) is 5.19. The van der Waals surface area contributed by atoms with Crippen LogP contribution in [0.4, 0.5) is 0 Å². The summed E-state index contributed by atoms with van der Waals surface area (Å²) in [5.74, 6) is 0.162. The smallest absolute Gasteiger partial charge is 0.237 e. The summed E-state index contributed by atoms with van der Waals surface area (Å²) in [7, 11) is 0. The van der Waals surface area contributed by atoms with Crippen molar-refractivity contribution >= 4 is 5.91 Å². The van der Waals surface area contributed by atoms with E-state index in [4.69, 9.17) is 0 Å². The number of aryl methyl sites for hydroxylation is 1. The zero-order valence-corrected chi connectivity index (χ0v) is 13.3. The van der Waals surface area contributed by atoms with Gasteiger partial charge >= 0.3 is 0 Å². The molecule has 0 spiro atoms. The summed E-state index contributed by atoms with van der Waals surface area (Å²) in [6.07, 6.45) is 6.47. The number of nitrogens with one attached hydrogen (secondary N) is 2. The highest BCUT2D eigenvalue weighted by molar-refractivity contribution is 5.82. The number of amides is 1. The van der Waals surface area contributed by atoms with Gasteiger partial charge in [0.15, 0.2) is 0 Å². The average Bonchev–Trinajstić information content (AvgIpc) is 2.75. The molecule has 2 rings (SSSR count). The first-order valence-corrected chi connectivity index (χ1v) is 8.16. The van der Waals surface area contributed by atoms with Crippen LogP contribution in [0, 0.1) is 0 Å². The molecule has 1 fully saturated rings. The molecule has 116 valence electrons. The van der Waals surface area contributed by atoms with Crippen molar-refractivity contribution in [3.8, 4) is 0 Å². The third kappa shape index (κ3) is 5.50. The second-order valence-corrected chi connectivity index (χ2v) is 6.71. The molecular weight excluding hydrogens is 260 g/mol. The van der Waals surface area contributed by atoms with E-state index in [1.165, 1.54) is 18.4 Å². The van der Waals surface area contributed by atoms with Crippen molar-refractivity contribution in [2.45, 2.75) is 64.0 Å². The van der Waals surface area contributed by atoms with Crippen molar-refractivity contribution in [2.24, 2.45) is 0 Å². The van der Waals surface area contributed by atoms with E-state index in [9.17, 15) is 4.79 Å². The van der Waals surface area contributed by atoms with Crippen LogP contribution in [0.1, 0.15) is 51.5 Å². The van der Waals surface area contributed by atoms with Crippen LogP contribution >= 0.6 is 0 Å². The second kappa shape index (κ2) is 7.60. The Morgan fingerprint density at radius 3 is 2.76 bits per heavy atom. The van der Waals surface area contributed by atoms with E-state index in [1.54, 1.807) is 0 Å². The molecule has 1 atom stereocenters. The van der Waals surface area contributed by atoms with Crippen LogP contribution < -0.4 is 10.6 Å². The summed E-state index contributed by atoms with van der Waals surface area (Å²) < 4.78 is 0. The van der Waals surface area contributed by atoms with E-state index < -0.39 is 0 Å². The average molecular weight is 288 g/mol. The van der Waals surface area contributed by atoms with Gasteiger partial charge in [0.1, 0.15) is 0 Å². The first-order valence-electron chi connectivity index (χ1n) is 8.16. The lowest BCUT2D eigenvalue weighted by molar-refractivity contribution is -0.124. The standard InChI is InChI=1S/C18H28N2O/c1-18(2,13-12-15-9-5-3-6-10-15)20-17(21)16-11-7-4-8-14-19-16/h3,5-6,9-10,16,19H,4,7-8,11-14H2,1-2H3,(H,20,21). The van der Waals surface area contributed by atoms with Crippen LogP contribution in [0.15, 0.2) is 30.3 Å². The minimum atomic E-state index is -0.166. The van der Waals surface area contributed by atoms with E-state index in [-0.39, 0.29) is 17.5 Å². The van der Waals surface area contributed by atoms with E-state index in [0.29, 0.717) is 0 Å². The van der Waals surface area contributed by atoms with Crippen molar-refractivity contribution in [3.63, 3.8) is 0 Å². The maximum Gasteiger partial charge on any atom is 0.237 e. The highest BCUT2D eigenvalue weighted by Gasteiger charge is 2.26. The molecule has 0 aromatic heterocycles. The van der Waals surface area contributed by atoms with Crippen molar-refractivity contribution in [1.82, 2.24) is 10.6 Å². The molecular formula is C18H28N2O. The quantitative estimate of drug-likeness (QED) is 0.874. The summed E-state index contributed by atoms with van der Waals surface area (Å²) in [4.78, 5) is 12.4. The van der Waals surface area contributed by atoms with Gasteiger partial charge in [0.05, 0.1) is 6.04 Å². The lowest BCUT2D eigenvalue weighted by Gasteiger charge is -2.29. The molecule has 0 bridgehead atoms. The van der Waals surface area contributed by atoms with Gasteiger partial charge in [-0.2, -0.15) is 0 Å². The van der Waals surface area contributed by atoms with Crippen LogP contribution in [-0.4, -0.2) is 24.0 Å². The van der Waals surface area contributed by atoms with Gasteiger partial charge in [-0.3, -0.25) is 4.79 Å². The Bertz CT molecular complexity index is 434. The topological polar surface area (TPSA) is 41.1 Å². The van der Waals surface area contributed by atoms with Crippen LogP contribution in [0.2, 0.25) is 0 Å². The molecule has 2 N–H and O–H groups in total. The Hall–Kier alpha value is -1.35. The fourth-order valence-electron chi connectivity index (χ4n) is 2.84. The number of carbonyl (C=O) groups is 1. The van der Waals surface area contributed by atoms with E-state index in [2.05, 4.69) is 48.7 Å². The molecule has 0 saturated carbocycles. The molecule has 1 unspecified atom stereocenters. The lowest BCUT2D eigenvalue weighted by Crippen LogP contribution is -2.52. The zero-order valence-electron chi connectivity index (χ0n) is 13.3. The molecule has 3 nitrogen and oxygen atoms in total. The molecule has 1 aliphatic rings. The molecule has 3 heteroatoms. The Morgan fingerprint density at radius 1 is 1.24 bits per heavy atom. The SMILES string of the molecule is CC(C)(CCc1ccccc1)NC(=O)C1CCCCCN1. The van der Waals surface area contributed by atoms with Gasteiger partial charge in [-0.25, -0.2) is 0 Å². The van der Waals surface area contributed by atoms with Crippen molar-refractivity contribution in [3.05, 3.63) is 35.9 Å². The van der Waals surface area contributed by atoms with Crippen molar-refractivity contribution < 1.29 is 4.79 Å². The number of hydrogen-bond donors (Lipinski definition) is 2. The Morgan fingerprint density at radius 2 is 2.00 bits per heavy atom. The van der Waals surface area contributed by atoms with Gasteiger partial charge in [-0.15, -0.1) is 0 Å². The molecule has 21 heavy (non-hydrogen) atoms. The van der Waals surface area contributed by atoms with Crippen LogP contribution in [0.25, 0.3) is 0 Å². The molecule has 1 heterocycles. The first-order chi connectivity index (χ1) is 10.1. The first kappa shape index (κ1) is 16.0. The van der Waals surface area contributed by atoms with Crippen molar-refractivity contribution in [2.75, 3.05) is 6.54 Å². The number of rotatable bonds is 5. The van der Waals surface area contributed by atoms with E-state index in [0.717, 1.165) is 32.2 Å². The summed E-state index contributed by atoms with van der Waals surface area (Å²) >= 11 is 0. The maximum absolute atomic E-state index is 12.4. The minimum absolute atomic E-state index is 0.0106. The summed E-state index contributed by atoms with van der Waals surface area (Å²) in [5, 5.41) is 6.59. The largest absolute Gasteiger partial charge is 0.350 e. The Kier molecular flexibility index (Phi) is 5.80. The Balaban J connectivity index is 1.83.